The topological polar surface area (TPSA) is 237 Å². The lowest BCUT2D eigenvalue weighted by Gasteiger charge is -2.21. The number of hydrogen-bond acceptors (Lipinski definition) is 15. The minimum atomic E-state index is -4.99. The molecule has 0 radical (unpaired) electrons. The highest BCUT2D eigenvalue weighted by molar-refractivity contribution is 7.47. The summed E-state index contributed by atoms with van der Waals surface area (Å²) in [6, 6.07) is 0. The molecular weight excluding hydrogens is 1310 g/mol. The van der Waals surface area contributed by atoms with Gasteiger partial charge in [0.2, 0.25) is 0 Å². The Balaban J connectivity index is 5.41. The zero-order valence-electron chi connectivity index (χ0n) is 62.8. The largest absolute Gasteiger partial charge is 0.472 e. The molecule has 0 fully saturated rings. The standard InChI is InChI=1S/C81H140O17P2/c1-5-9-13-17-21-25-29-33-35-36-37-38-40-43-46-50-54-58-62-66-79(84)92-72-77(98-81(86)68-64-60-56-52-48-44-39-34-30-26-22-18-14-10-6-2)74-96-100(89,90)94-70-75(82)69-93-99(87,88)95-73-76(97-80(85)67-63-59-55-51-47-42-32-28-24-20-16-12-8-4)71-91-78(83)65-61-57-53-49-45-41-31-27-23-19-15-11-7-3/h9-10,13-14,21-22,25-26,33-35,37-39,43,46,54,58,75-77,82H,5-8,11-12,15-20,23-24,27-32,36,40-42,44-45,47-53,55-57,59-74H2,1-4H3,(H,87,88)(H,89,90)/b13-9-,14-10-,25-21-,26-22-,35-33-,38-37-,39-34-,46-43-,58-54-. The molecule has 0 aromatic carbocycles. The van der Waals surface area contributed by atoms with E-state index in [4.69, 9.17) is 37.0 Å². The Bertz CT molecular complexity index is 2320. The fourth-order valence-corrected chi connectivity index (χ4v) is 12.0. The first kappa shape index (κ1) is 95.7. The molecule has 0 saturated carbocycles. The van der Waals surface area contributed by atoms with Gasteiger partial charge >= 0.3 is 39.5 Å². The van der Waals surface area contributed by atoms with Crippen molar-refractivity contribution in [2.24, 2.45) is 0 Å². The molecule has 5 unspecified atom stereocenters. The Kier molecular flexibility index (Phi) is 69.9. The highest BCUT2D eigenvalue weighted by Crippen LogP contribution is 2.45. The van der Waals surface area contributed by atoms with Crippen LogP contribution in [-0.4, -0.2) is 96.7 Å². The zero-order valence-corrected chi connectivity index (χ0v) is 64.6. The van der Waals surface area contributed by atoms with Gasteiger partial charge in [0, 0.05) is 25.7 Å². The summed E-state index contributed by atoms with van der Waals surface area (Å²) in [4.78, 5) is 72.9. The zero-order chi connectivity index (χ0) is 73.2. The molecular formula is C81H140O17P2. The van der Waals surface area contributed by atoms with E-state index in [0.29, 0.717) is 32.1 Å². The monoisotopic (exact) mass is 1450 g/mol. The lowest BCUT2D eigenvalue weighted by molar-refractivity contribution is -0.161. The maximum Gasteiger partial charge on any atom is 0.472 e. The number of ether oxygens (including phenoxy) is 4. The fraction of sp³-hybridized carbons (Fsp3) is 0.728. The van der Waals surface area contributed by atoms with Crippen LogP contribution in [0.3, 0.4) is 0 Å². The normalized spacial score (nSPS) is 14.5. The van der Waals surface area contributed by atoms with Crippen molar-refractivity contribution in [1.82, 2.24) is 0 Å². The van der Waals surface area contributed by atoms with Crippen molar-refractivity contribution >= 4 is 39.5 Å². The summed E-state index contributed by atoms with van der Waals surface area (Å²) in [5.41, 5.74) is 0. The second-order valence-corrected chi connectivity index (χ2v) is 28.8. The summed E-state index contributed by atoms with van der Waals surface area (Å²) in [6.45, 7) is 4.57. The third-order valence-corrected chi connectivity index (χ3v) is 18.2. The molecule has 0 aliphatic rings. The maximum atomic E-state index is 13.1. The number of rotatable bonds is 73. The van der Waals surface area contributed by atoms with Gasteiger partial charge in [-0.25, -0.2) is 9.13 Å². The smallest absolute Gasteiger partial charge is 0.462 e. The van der Waals surface area contributed by atoms with Crippen LogP contribution in [0.1, 0.15) is 323 Å². The summed E-state index contributed by atoms with van der Waals surface area (Å²) < 4.78 is 68.4. The molecule has 0 spiro atoms. The molecule has 0 aromatic heterocycles. The van der Waals surface area contributed by atoms with Crippen LogP contribution in [0.2, 0.25) is 0 Å². The van der Waals surface area contributed by atoms with Gasteiger partial charge in [0.15, 0.2) is 12.2 Å². The summed E-state index contributed by atoms with van der Waals surface area (Å²) in [5, 5.41) is 10.6. The van der Waals surface area contributed by atoms with E-state index in [2.05, 4.69) is 119 Å². The molecule has 3 N–H and O–H groups in total. The molecule has 19 heteroatoms. The number of allylic oxidation sites excluding steroid dienone is 18. The van der Waals surface area contributed by atoms with Gasteiger partial charge in [-0.1, -0.05) is 310 Å². The number of carbonyl (C=O) groups is 4. The van der Waals surface area contributed by atoms with Crippen molar-refractivity contribution < 1.29 is 80.2 Å². The molecule has 576 valence electrons. The lowest BCUT2D eigenvalue weighted by atomic mass is 10.0. The van der Waals surface area contributed by atoms with E-state index in [1.165, 1.54) is 109 Å². The van der Waals surface area contributed by atoms with Crippen molar-refractivity contribution in [3.63, 3.8) is 0 Å². The number of esters is 4. The molecule has 0 heterocycles. The summed E-state index contributed by atoms with van der Waals surface area (Å²) in [7, 11) is -9.97. The van der Waals surface area contributed by atoms with Crippen molar-refractivity contribution in [1.29, 1.82) is 0 Å². The Hall–Kier alpha value is -4.28. The van der Waals surface area contributed by atoms with E-state index in [1.807, 2.05) is 18.2 Å². The van der Waals surface area contributed by atoms with Gasteiger partial charge in [0.25, 0.3) is 0 Å². The molecule has 5 atom stereocenters. The van der Waals surface area contributed by atoms with E-state index in [0.717, 1.165) is 128 Å². The van der Waals surface area contributed by atoms with Crippen LogP contribution in [0.4, 0.5) is 0 Å². The van der Waals surface area contributed by atoms with Gasteiger partial charge in [-0.3, -0.25) is 37.3 Å². The third-order valence-electron chi connectivity index (χ3n) is 16.3. The van der Waals surface area contributed by atoms with Gasteiger partial charge < -0.3 is 33.8 Å². The summed E-state index contributed by atoms with van der Waals surface area (Å²) in [5.74, 6) is -2.27. The van der Waals surface area contributed by atoms with Crippen LogP contribution >= 0.6 is 15.6 Å². The summed E-state index contributed by atoms with van der Waals surface area (Å²) in [6.07, 6.45) is 78.0. The minimum Gasteiger partial charge on any atom is -0.462 e. The van der Waals surface area contributed by atoms with Crippen LogP contribution in [0, 0.1) is 0 Å². The summed E-state index contributed by atoms with van der Waals surface area (Å²) >= 11 is 0. The second kappa shape index (κ2) is 73.0. The number of aliphatic hydroxyl groups is 1. The van der Waals surface area contributed by atoms with Crippen LogP contribution < -0.4 is 0 Å². The van der Waals surface area contributed by atoms with Crippen LogP contribution in [0.5, 0.6) is 0 Å². The molecule has 0 rings (SSSR count). The highest BCUT2D eigenvalue weighted by Gasteiger charge is 2.30. The van der Waals surface area contributed by atoms with E-state index in [-0.39, 0.29) is 25.7 Å². The van der Waals surface area contributed by atoms with Crippen LogP contribution in [0.15, 0.2) is 109 Å². The van der Waals surface area contributed by atoms with Gasteiger partial charge in [-0.05, 0) is 96.3 Å². The first-order chi connectivity index (χ1) is 48.7. The quantitative estimate of drug-likeness (QED) is 0.0169. The average Bonchev–Trinajstić information content (AvgIpc) is 0.946. The number of phosphoric ester groups is 2. The Labute approximate surface area is 607 Å². The first-order valence-corrected chi connectivity index (χ1v) is 42.1. The molecule has 0 aromatic rings. The predicted octanol–water partition coefficient (Wildman–Crippen LogP) is 22.6. The number of unbranched alkanes of at least 4 members (excludes halogenated alkanes) is 29. The number of phosphoric acid groups is 2. The molecule has 0 aliphatic heterocycles. The van der Waals surface area contributed by atoms with E-state index in [1.54, 1.807) is 0 Å². The number of aliphatic hydroxyl groups excluding tert-OH is 1. The van der Waals surface area contributed by atoms with Gasteiger partial charge in [-0.15, -0.1) is 0 Å². The van der Waals surface area contributed by atoms with Crippen molar-refractivity contribution in [3.8, 4) is 0 Å². The van der Waals surface area contributed by atoms with Crippen LogP contribution in [-0.2, 0) is 65.4 Å². The molecule has 0 aliphatic carbocycles. The number of carbonyl (C=O) groups excluding carboxylic acids is 4. The average molecular weight is 1450 g/mol. The second-order valence-electron chi connectivity index (χ2n) is 25.9. The Morgan fingerprint density at radius 3 is 0.860 bits per heavy atom. The first-order valence-electron chi connectivity index (χ1n) is 39.1. The fourth-order valence-electron chi connectivity index (χ4n) is 10.4. The van der Waals surface area contributed by atoms with Gasteiger partial charge in [0.1, 0.15) is 19.3 Å². The minimum absolute atomic E-state index is 0.0312. The Morgan fingerprint density at radius 1 is 0.290 bits per heavy atom. The van der Waals surface area contributed by atoms with Crippen molar-refractivity contribution in [2.75, 3.05) is 39.6 Å². The molecule has 17 nitrogen and oxygen atoms in total. The Morgan fingerprint density at radius 2 is 0.540 bits per heavy atom. The SMILES string of the molecule is CC/C=C\C/C=C\C/C=C\C/C=C\C/C=C\C/C=C\CCC(=O)OCC(COP(=O)(O)OCC(O)COP(=O)(O)OCC(COC(=O)CCCCCCCCCCCCCCC)OC(=O)CCCCCCCCCCCCCCC)OC(=O)CCCCCCC/C=C\C/C=C\C/C=C\CC. The molecule has 100 heavy (non-hydrogen) atoms. The van der Waals surface area contributed by atoms with Gasteiger partial charge in [-0.2, -0.15) is 0 Å². The van der Waals surface area contributed by atoms with Gasteiger partial charge in [0.05, 0.1) is 26.4 Å². The van der Waals surface area contributed by atoms with E-state index in [9.17, 15) is 43.2 Å². The van der Waals surface area contributed by atoms with Crippen molar-refractivity contribution in [3.05, 3.63) is 109 Å². The number of hydrogen-bond donors (Lipinski definition) is 3. The predicted molar refractivity (Wildman–Crippen MR) is 408 cm³/mol. The molecule has 0 amide bonds. The van der Waals surface area contributed by atoms with E-state index >= 15 is 0 Å². The van der Waals surface area contributed by atoms with E-state index < -0.39 is 97.5 Å². The van der Waals surface area contributed by atoms with Crippen LogP contribution in [0.25, 0.3) is 0 Å². The lowest BCUT2D eigenvalue weighted by Crippen LogP contribution is -2.30. The maximum absolute atomic E-state index is 13.1. The highest BCUT2D eigenvalue weighted by atomic mass is 31.2. The molecule has 0 saturated heterocycles. The third kappa shape index (κ3) is 72.1. The van der Waals surface area contributed by atoms with Crippen molar-refractivity contribution in [2.45, 2.75) is 341 Å². The molecule has 0 bridgehead atoms.